The highest BCUT2D eigenvalue weighted by Gasteiger charge is 2.34. The molecule has 0 aliphatic carbocycles. The van der Waals surface area contributed by atoms with Gasteiger partial charge in [0.25, 0.3) is 0 Å². The summed E-state index contributed by atoms with van der Waals surface area (Å²) in [5.41, 5.74) is -0.934. The number of thiophene rings is 1. The summed E-state index contributed by atoms with van der Waals surface area (Å²) in [6.07, 6.45) is 1.36. The Bertz CT molecular complexity index is 420. The van der Waals surface area contributed by atoms with Gasteiger partial charge in [-0.3, -0.25) is 4.79 Å². The maximum absolute atomic E-state index is 11.9. The second-order valence-corrected chi connectivity index (χ2v) is 6.57. The van der Waals surface area contributed by atoms with Crippen molar-refractivity contribution in [1.82, 2.24) is 5.32 Å². The Labute approximate surface area is 121 Å². The predicted molar refractivity (Wildman–Crippen MR) is 78.5 cm³/mol. The molecule has 4 nitrogen and oxygen atoms in total. The lowest BCUT2D eigenvalue weighted by Gasteiger charge is -2.27. The lowest BCUT2D eigenvalue weighted by atomic mass is 9.96. The maximum atomic E-state index is 11.9. The van der Waals surface area contributed by atoms with Crippen LogP contribution in [-0.2, 0) is 14.3 Å². The molecule has 19 heavy (non-hydrogen) atoms. The van der Waals surface area contributed by atoms with E-state index in [-0.39, 0.29) is 5.91 Å². The van der Waals surface area contributed by atoms with E-state index in [2.05, 4.69) is 5.32 Å². The van der Waals surface area contributed by atoms with Crippen LogP contribution in [0.25, 0.3) is 0 Å². The van der Waals surface area contributed by atoms with Crippen LogP contribution in [0.1, 0.15) is 26.7 Å². The van der Waals surface area contributed by atoms with Crippen molar-refractivity contribution in [2.75, 3.05) is 12.9 Å². The summed E-state index contributed by atoms with van der Waals surface area (Å²) in [5, 5.41) is 4.75. The minimum atomic E-state index is -0.934. The summed E-state index contributed by atoms with van der Waals surface area (Å²) >= 11 is 3.06. The van der Waals surface area contributed by atoms with Crippen LogP contribution >= 0.6 is 23.1 Å². The monoisotopic (exact) mass is 301 g/mol. The van der Waals surface area contributed by atoms with Crippen molar-refractivity contribution in [1.29, 1.82) is 0 Å². The zero-order chi connectivity index (χ0) is 14.3. The van der Waals surface area contributed by atoms with E-state index in [1.54, 1.807) is 18.3 Å². The molecule has 0 fully saturated rings. The van der Waals surface area contributed by atoms with Crippen molar-refractivity contribution in [3.63, 3.8) is 0 Å². The molecule has 1 aromatic heterocycles. The molecule has 1 rings (SSSR count). The van der Waals surface area contributed by atoms with Gasteiger partial charge in [0.1, 0.15) is 5.54 Å². The zero-order valence-electron chi connectivity index (χ0n) is 11.4. The number of carbonyl (C=O) groups excluding carboxylic acids is 2. The molecule has 0 saturated heterocycles. The molecule has 6 heteroatoms. The van der Waals surface area contributed by atoms with E-state index in [0.717, 1.165) is 10.6 Å². The number of methoxy groups -OCH3 is 1. The van der Waals surface area contributed by atoms with Crippen LogP contribution in [0.15, 0.2) is 21.7 Å². The number of esters is 1. The van der Waals surface area contributed by atoms with Crippen LogP contribution in [0.3, 0.4) is 0 Å². The fourth-order valence-corrected chi connectivity index (χ4v) is 3.35. The van der Waals surface area contributed by atoms with Crippen LogP contribution in [-0.4, -0.2) is 30.3 Å². The summed E-state index contributed by atoms with van der Waals surface area (Å²) in [7, 11) is 1.34. The Morgan fingerprint density at radius 2 is 2.26 bits per heavy atom. The smallest absolute Gasteiger partial charge is 0.331 e. The van der Waals surface area contributed by atoms with Gasteiger partial charge < -0.3 is 10.1 Å². The molecular weight excluding hydrogens is 282 g/mol. The summed E-state index contributed by atoms with van der Waals surface area (Å²) in [5.74, 6) is -0.250. The van der Waals surface area contributed by atoms with Crippen molar-refractivity contribution >= 4 is 35.0 Å². The summed E-state index contributed by atoms with van der Waals surface area (Å²) < 4.78 is 5.85. The quantitative estimate of drug-likeness (QED) is 0.621. The number of ether oxygens (including phenoxy) is 1. The Morgan fingerprint density at radius 3 is 2.79 bits per heavy atom. The Hall–Kier alpha value is -1.01. The third-order valence-corrected chi connectivity index (χ3v) is 4.77. The van der Waals surface area contributed by atoms with Gasteiger partial charge >= 0.3 is 5.97 Å². The third-order valence-electron chi connectivity index (χ3n) is 2.64. The van der Waals surface area contributed by atoms with Crippen LogP contribution in [0, 0.1) is 0 Å². The number of nitrogens with one attached hydrogen (secondary N) is 1. The Kier molecular flexibility index (Phi) is 6.37. The molecule has 1 unspecified atom stereocenters. The average molecular weight is 301 g/mol. The number of amides is 1. The highest BCUT2D eigenvalue weighted by atomic mass is 32.2. The minimum Gasteiger partial charge on any atom is -0.467 e. The van der Waals surface area contributed by atoms with E-state index in [9.17, 15) is 9.59 Å². The number of carbonyl (C=O) groups is 2. The van der Waals surface area contributed by atoms with Crippen molar-refractivity contribution < 1.29 is 14.3 Å². The normalized spacial score (nSPS) is 13.6. The van der Waals surface area contributed by atoms with Gasteiger partial charge in [0.05, 0.1) is 17.1 Å². The average Bonchev–Trinajstić information content (AvgIpc) is 2.88. The van der Waals surface area contributed by atoms with Gasteiger partial charge in [-0.1, -0.05) is 19.4 Å². The van der Waals surface area contributed by atoms with Gasteiger partial charge in [-0.05, 0) is 24.8 Å². The fourth-order valence-electron chi connectivity index (χ4n) is 1.77. The first-order valence-corrected chi connectivity index (χ1v) is 7.94. The van der Waals surface area contributed by atoms with Gasteiger partial charge in [-0.15, -0.1) is 23.1 Å². The molecule has 106 valence electrons. The molecule has 0 radical (unpaired) electrons. The van der Waals surface area contributed by atoms with E-state index in [0.29, 0.717) is 12.2 Å². The van der Waals surface area contributed by atoms with Gasteiger partial charge in [-0.2, -0.15) is 0 Å². The lowest BCUT2D eigenvalue weighted by molar-refractivity contribution is -0.150. The lowest BCUT2D eigenvalue weighted by Crippen LogP contribution is -2.53. The van der Waals surface area contributed by atoms with Crippen LogP contribution in [0.5, 0.6) is 0 Å². The largest absolute Gasteiger partial charge is 0.467 e. The highest BCUT2D eigenvalue weighted by molar-refractivity contribution is 8.01. The molecule has 1 amide bonds. The van der Waals surface area contributed by atoms with Gasteiger partial charge in [0, 0.05) is 0 Å². The first-order valence-electron chi connectivity index (χ1n) is 6.07. The zero-order valence-corrected chi connectivity index (χ0v) is 13.0. The van der Waals surface area contributed by atoms with E-state index in [4.69, 9.17) is 4.74 Å². The van der Waals surface area contributed by atoms with Crippen molar-refractivity contribution in [2.24, 2.45) is 0 Å². The van der Waals surface area contributed by atoms with Crippen molar-refractivity contribution in [3.05, 3.63) is 17.5 Å². The number of thioether (sulfide) groups is 1. The van der Waals surface area contributed by atoms with Crippen LogP contribution in [0.4, 0.5) is 0 Å². The molecule has 1 aromatic rings. The van der Waals surface area contributed by atoms with Gasteiger partial charge in [0.2, 0.25) is 5.91 Å². The topological polar surface area (TPSA) is 55.4 Å². The number of hydrogen-bond donors (Lipinski definition) is 1. The molecule has 1 N–H and O–H groups in total. The van der Waals surface area contributed by atoms with Crippen LogP contribution < -0.4 is 5.32 Å². The SMILES string of the molecule is CCCC(C)(NC(=O)CSc1cccs1)C(=O)OC. The Balaban J connectivity index is 2.53. The Morgan fingerprint density at radius 1 is 1.53 bits per heavy atom. The van der Waals surface area contributed by atoms with Crippen LogP contribution in [0.2, 0.25) is 0 Å². The molecule has 0 saturated carbocycles. The molecule has 0 spiro atoms. The molecule has 0 aliphatic heterocycles. The minimum absolute atomic E-state index is 0.153. The predicted octanol–water partition coefficient (Wildman–Crippen LogP) is 2.69. The summed E-state index contributed by atoms with van der Waals surface area (Å²) in [6.45, 7) is 3.67. The van der Waals surface area contributed by atoms with E-state index >= 15 is 0 Å². The number of hydrogen-bond acceptors (Lipinski definition) is 5. The van der Waals surface area contributed by atoms with E-state index in [1.807, 2.05) is 24.4 Å². The molecule has 1 atom stereocenters. The van der Waals surface area contributed by atoms with E-state index in [1.165, 1.54) is 18.9 Å². The molecule has 1 heterocycles. The second kappa shape index (κ2) is 7.55. The molecule has 0 aromatic carbocycles. The standard InChI is InChI=1S/C13H19NO3S2/c1-4-7-13(2,12(16)17-3)14-10(15)9-19-11-6-5-8-18-11/h5-6,8H,4,7,9H2,1-3H3,(H,14,15). The first kappa shape index (κ1) is 16.0. The number of rotatable bonds is 7. The molecule has 0 bridgehead atoms. The van der Waals surface area contributed by atoms with Gasteiger partial charge in [-0.25, -0.2) is 4.79 Å². The highest BCUT2D eigenvalue weighted by Crippen LogP contribution is 2.23. The summed E-state index contributed by atoms with van der Waals surface area (Å²) in [6, 6.07) is 3.91. The van der Waals surface area contributed by atoms with E-state index < -0.39 is 11.5 Å². The first-order chi connectivity index (χ1) is 9.01. The molecular formula is C13H19NO3S2. The fraction of sp³-hybridized carbons (Fsp3) is 0.538. The maximum Gasteiger partial charge on any atom is 0.331 e. The van der Waals surface area contributed by atoms with Gasteiger partial charge in [0.15, 0.2) is 0 Å². The third kappa shape index (κ3) is 4.87. The second-order valence-electron chi connectivity index (χ2n) is 4.34. The van der Waals surface area contributed by atoms with Crippen molar-refractivity contribution in [3.8, 4) is 0 Å². The van der Waals surface area contributed by atoms with Crippen molar-refractivity contribution in [2.45, 2.75) is 36.4 Å². The molecule has 0 aliphatic rings. The summed E-state index contributed by atoms with van der Waals surface area (Å²) in [4.78, 5) is 23.7.